The Morgan fingerprint density at radius 2 is 1.58 bits per heavy atom. The lowest BCUT2D eigenvalue weighted by molar-refractivity contribution is -0.935. The highest BCUT2D eigenvalue weighted by atomic mass is 16.3. The molecule has 2 atom stereocenters. The second-order valence-electron chi connectivity index (χ2n) is 6.30. The molecule has 2 fully saturated rings. The Balaban J connectivity index is 1.57. The Kier molecular flexibility index (Phi) is 4.19. The van der Waals surface area contributed by atoms with Gasteiger partial charge in [0.05, 0.1) is 13.1 Å². The average Bonchev–Trinajstić information content (AvgIpc) is 2.49. The Morgan fingerprint density at radius 1 is 0.895 bits per heavy atom. The van der Waals surface area contributed by atoms with E-state index in [2.05, 4.69) is 30.3 Å². The summed E-state index contributed by atoms with van der Waals surface area (Å²) in [5.41, 5.74) is 1.51. The van der Waals surface area contributed by atoms with E-state index in [1.54, 1.807) is 4.90 Å². The molecule has 2 nitrogen and oxygen atoms in total. The lowest BCUT2D eigenvalue weighted by Crippen LogP contribution is -3.18. The van der Waals surface area contributed by atoms with Crippen LogP contribution in [0.3, 0.4) is 0 Å². The minimum atomic E-state index is -0.0444. The van der Waals surface area contributed by atoms with Crippen LogP contribution in [0.25, 0.3) is 0 Å². The van der Waals surface area contributed by atoms with Gasteiger partial charge in [0.2, 0.25) is 0 Å². The Labute approximate surface area is 116 Å². The van der Waals surface area contributed by atoms with Crippen LogP contribution >= 0.6 is 0 Å². The van der Waals surface area contributed by atoms with Crippen molar-refractivity contribution < 1.29 is 10.0 Å². The van der Waals surface area contributed by atoms with E-state index >= 15 is 0 Å². The molecule has 0 aromatic heterocycles. The summed E-state index contributed by atoms with van der Waals surface area (Å²) in [6.07, 6.45) is 7.30. The van der Waals surface area contributed by atoms with Crippen molar-refractivity contribution in [1.29, 1.82) is 0 Å². The lowest BCUT2D eigenvalue weighted by atomic mass is 9.86. The summed E-state index contributed by atoms with van der Waals surface area (Å²) in [6, 6.07) is 11.5. The molecule has 1 aromatic carbocycles. The fourth-order valence-electron chi connectivity index (χ4n) is 4.01. The molecule has 1 saturated carbocycles. The van der Waals surface area contributed by atoms with Crippen molar-refractivity contribution in [3.05, 3.63) is 35.9 Å². The van der Waals surface area contributed by atoms with E-state index in [-0.39, 0.29) is 6.10 Å². The Hall–Kier alpha value is -0.860. The monoisotopic (exact) mass is 260 g/mol. The molecular weight excluding hydrogens is 234 g/mol. The van der Waals surface area contributed by atoms with E-state index in [9.17, 15) is 5.11 Å². The number of rotatable bonds is 2. The minimum Gasteiger partial charge on any atom is -0.387 e. The molecule has 104 valence electrons. The third-order valence-corrected chi connectivity index (χ3v) is 5.15. The molecule has 3 rings (SSSR count). The van der Waals surface area contributed by atoms with E-state index in [4.69, 9.17) is 0 Å². The standard InChI is InChI=1S/C17H25NO/c19-17-9-5-4-8-16(17)18-12-10-15(11-13-18)14-6-2-1-3-7-14/h1-3,6-7,15-17,19H,4-5,8-13H2/p+1/t16-,17-/m1/s1. The van der Waals surface area contributed by atoms with E-state index in [0.29, 0.717) is 6.04 Å². The number of nitrogens with one attached hydrogen (secondary N) is 1. The summed E-state index contributed by atoms with van der Waals surface area (Å²) < 4.78 is 0. The number of piperidine rings is 1. The van der Waals surface area contributed by atoms with Crippen molar-refractivity contribution in [2.24, 2.45) is 0 Å². The quantitative estimate of drug-likeness (QED) is 0.832. The fourth-order valence-corrected chi connectivity index (χ4v) is 4.01. The van der Waals surface area contributed by atoms with Gasteiger partial charge in [0, 0.05) is 19.3 Å². The molecule has 1 saturated heterocycles. The Bertz CT molecular complexity index is 384. The van der Waals surface area contributed by atoms with E-state index in [1.165, 1.54) is 50.8 Å². The smallest absolute Gasteiger partial charge is 0.114 e. The molecule has 1 aliphatic heterocycles. The van der Waals surface area contributed by atoms with Gasteiger partial charge in [0.1, 0.15) is 12.1 Å². The van der Waals surface area contributed by atoms with Crippen molar-refractivity contribution in [2.45, 2.75) is 56.6 Å². The number of quaternary nitrogens is 1. The molecule has 2 N–H and O–H groups in total. The number of likely N-dealkylation sites (tertiary alicyclic amines) is 1. The Morgan fingerprint density at radius 3 is 2.26 bits per heavy atom. The molecule has 19 heavy (non-hydrogen) atoms. The van der Waals surface area contributed by atoms with Crippen molar-refractivity contribution in [1.82, 2.24) is 0 Å². The first kappa shape index (κ1) is 13.1. The molecule has 0 amide bonds. The summed E-state index contributed by atoms with van der Waals surface area (Å²) in [7, 11) is 0. The average molecular weight is 260 g/mol. The van der Waals surface area contributed by atoms with Crippen LogP contribution in [0.15, 0.2) is 30.3 Å². The molecule has 2 heteroatoms. The van der Waals surface area contributed by atoms with Gasteiger partial charge in [-0.25, -0.2) is 0 Å². The summed E-state index contributed by atoms with van der Waals surface area (Å²) in [4.78, 5) is 1.67. The van der Waals surface area contributed by atoms with Gasteiger partial charge in [-0.1, -0.05) is 36.8 Å². The molecule has 0 unspecified atom stereocenters. The van der Waals surface area contributed by atoms with Crippen LogP contribution < -0.4 is 4.90 Å². The van der Waals surface area contributed by atoms with Crippen LogP contribution in [0.2, 0.25) is 0 Å². The zero-order chi connectivity index (χ0) is 13.1. The third-order valence-electron chi connectivity index (χ3n) is 5.15. The molecule has 1 aromatic rings. The lowest BCUT2D eigenvalue weighted by Gasteiger charge is -2.38. The maximum Gasteiger partial charge on any atom is 0.114 e. The molecule has 1 heterocycles. The third kappa shape index (κ3) is 3.01. The topological polar surface area (TPSA) is 24.7 Å². The number of hydrogen-bond acceptors (Lipinski definition) is 1. The van der Waals surface area contributed by atoms with Gasteiger partial charge >= 0.3 is 0 Å². The predicted octanol–water partition coefficient (Wildman–Crippen LogP) is 1.75. The van der Waals surface area contributed by atoms with Crippen LogP contribution in [-0.2, 0) is 0 Å². The highest BCUT2D eigenvalue weighted by Crippen LogP contribution is 2.24. The van der Waals surface area contributed by atoms with E-state index in [1.807, 2.05) is 0 Å². The molecule has 1 aliphatic carbocycles. The van der Waals surface area contributed by atoms with Crippen LogP contribution in [0.5, 0.6) is 0 Å². The summed E-state index contributed by atoms with van der Waals surface area (Å²) in [5, 5.41) is 10.2. The van der Waals surface area contributed by atoms with Crippen molar-refractivity contribution in [3.63, 3.8) is 0 Å². The number of aliphatic hydroxyl groups is 1. The SMILES string of the molecule is O[C@@H]1CCCC[C@H]1[NH+]1CCC(c2ccccc2)CC1. The van der Waals surface area contributed by atoms with Crippen LogP contribution in [-0.4, -0.2) is 30.3 Å². The zero-order valence-corrected chi connectivity index (χ0v) is 11.7. The maximum absolute atomic E-state index is 10.2. The summed E-state index contributed by atoms with van der Waals surface area (Å²) >= 11 is 0. The van der Waals surface area contributed by atoms with Crippen LogP contribution in [0.4, 0.5) is 0 Å². The normalized spacial score (nSPS) is 36.1. The molecule has 0 bridgehead atoms. The van der Waals surface area contributed by atoms with Gasteiger partial charge in [-0.15, -0.1) is 0 Å². The van der Waals surface area contributed by atoms with Crippen LogP contribution in [0.1, 0.15) is 50.0 Å². The van der Waals surface area contributed by atoms with Crippen molar-refractivity contribution in [2.75, 3.05) is 13.1 Å². The summed E-state index contributed by atoms with van der Waals surface area (Å²) in [6.45, 7) is 2.47. The second kappa shape index (κ2) is 6.06. The van der Waals surface area contributed by atoms with Gasteiger partial charge in [-0.2, -0.15) is 0 Å². The largest absolute Gasteiger partial charge is 0.387 e. The zero-order valence-electron chi connectivity index (χ0n) is 11.7. The van der Waals surface area contributed by atoms with Crippen molar-refractivity contribution in [3.8, 4) is 0 Å². The number of aliphatic hydroxyl groups excluding tert-OH is 1. The summed E-state index contributed by atoms with van der Waals surface area (Å²) in [5.74, 6) is 0.741. The minimum absolute atomic E-state index is 0.0444. The van der Waals surface area contributed by atoms with Crippen LogP contribution in [0, 0.1) is 0 Å². The molecule has 0 spiro atoms. The second-order valence-corrected chi connectivity index (χ2v) is 6.30. The molecule has 2 aliphatic rings. The van der Waals surface area contributed by atoms with Gasteiger partial charge in [0.25, 0.3) is 0 Å². The number of benzene rings is 1. The first-order valence-electron chi connectivity index (χ1n) is 7.92. The first-order chi connectivity index (χ1) is 9.34. The number of hydrogen-bond donors (Lipinski definition) is 2. The van der Waals surface area contributed by atoms with E-state index in [0.717, 1.165) is 12.3 Å². The maximum atomic E-state index is 10.2. The highest BCUT2D eigenvalue weighted by Gasteiger charge is 2.34. The highest BCUT2D eigenvalue weighted by molar-refractivity contribution is 5.19. The van der Waals surface area contributed by atoms with Gasteiger partial charge in [-0.05, 0) is 24.3 Å². The predicted molar refractivity (Wildman–Crippen MR) is 77.4 cm³/mol. The first-order valence-corrected chi connectivity index (χ1v) is 7.92. The molecule has 0 radical (unpaired) electrons. The van der Waals surface area contributed by atoms with Gasteiger partial charge < -0.3 is 10.0 Å². The van der Waals surface area contributed by atoms with E-state index < -0.39 is 0 Å². The van der Waals surface area contributed by atoms with Gasteiger partial charge in [-0.3, -0.25) is 0 Å². The van der Waals surface area contributed by atoms with Crippen molar-refractivity contribution >= 4 is 0 Å². The molecular formula is C17H26NO+. The van der Waals surface area contributed by atoms with Gasteiger partial charge in [0.15, 0.2) is 0 Å². The fraction of sp³-hybridized carbons (Fsp3) is 0.647.